The molecule has 0 bridgehead atoms. The van der Waals surface area contributed by atoms with Gasteiger partial charge in [0.05, 0.1) is 31.9 Å². The quantitative estimate of drug-likeness (QED) is 0.150. The molecule has 1 atom stereocenters. The predicted molar refractivity (Wildman–Crippen MR) is 193 cm³/mol. The maximum atomic E-state index is 14.8. The number of ether oxygens (including phenoxy) is 3. The Bertz CT molecular complexity index is 1920. The van der Waals surface area contributed by atoms with Crippen molar-refractivity contribution < 1.29 is 36.6 Å². The van der Waals surface area contributed by atoms with Gasteiger partial charge >= 0.3 is 0 Å². The summed E-state index contributed by atoms with van der Waals surface area (Å²) >= 11 is 6.39. The van der Waals surface area contributed by atoms with Crippen LogP contribution in [0.1, 0.15) is 36.8 Å². The number of nitrogens with one attached hydrogen (secondary N) is 1. The van der Waals surface area contributed by atoms with Crippen molar-refractivity contribution in [1.29, 1.82) is 0 Å². The number of nitrogens with zero attached hydrogens (tertiary/aromatic N) is 2. The first kappa shape index (κ1) is 37.4. The molecule has 0 aromatic heterocycles. The van der Waals surface area contributed by atoms with Crippen LogP contribution in [-0.2, 0) is 32.6 Å². The number of methoxy groups -OCH3 is 3. The van der Waals surface area contributed by atoms with E-state index in [-0.39, 0.29) is 52.0 Å². The first-order valence-corrected chi connectivity index (χ1v) is 18.3. The number of carbonyl (C=O) groups excluding carboxylic acids is 2. The van der Waals surface area contributed by atoms with Crippen LogP contribution in [0.3, 0.4) is 0 Å². The molecule has 1 aliphatic carbocycles. The molecule has 51 heavy (non-hydrogen) atoms. The molecule has 4 aromatic carbocycles. The largest absolute Gasteiger partial charge is 0.495 e. The highest BCUT2D eigenvalue weighted by Crippen LogP contribution is 2.37. The topological polar surface area (TPSA) is 114 Å². The SMILES string of the molecule is COc1ccc(S(=O)(=O)N(CC(=O)N(Cc2ccc(F)cc2)[C@@H](Cc2ccccc2)C(=O)NC2CCCC2)c2cc(Cl)ccc2OC)cc1OC. The molecule has 270 valence electrons. The van der Waals surface area contributed by atoms with Gasteiger partial charge in [0.15, 0.2) is 11.5 Å². The Morgan fingerprint density at radius 3 is 2.14 bits per heavy atom. The highest BCUT2D eigenvalue weighted by Gasteiger charge is 2.37. The van der Waals surface area contributed by atoms with Gasteiger partial charge < -0.3 is 24.4 Å². The summed E-state index contributed by atoms with van der Waals surface area (Å²) in [7, 11) is -0.345. The molecule has 0 aliphatic heterocycles. The molecule has 13 heteroatoms. The molecule has 10 nitrogen and oxygen atoms in total. The third-order valence-corrected chi connectivity index (χ3v) is 10.9. The van der Waals surface area contributed by atoms with Gasteiger partial charge in [0, 0.05) is 30.1 Å². The summed E-state index contributed by atoms with van der Waals surface area (Å²) in [5.74, 6) is -0.907. The third-order valence-electron chi connectivity index (χ3n) is 8.87. The Morgan fingerprint density at radius 1 is 0.843 bits per heavy atom. The average molecular weight is 738 g/mol. The Morgan fingerprint density at radius 2 is 1.49 bits per heavy atom. The van der Waals surface area contributed by atoms with Crippen LogP contribution in [0.15, 0.2) is 95.9 Å². The Kier molecular flexibility index (Phi) is 12.4. The van der Waals surface area contributed by atoms with Crippen LogP contribution in [0.2, 0.25) is 5.02 Å². The lowest BCUT2D eigenvalue weighted by Gasteiger charge is -2.34. The minimum atomic E-state index is -4.53. The van der Waals surface area contributed by atoms with Crippen molar-refractivity contribution in [2.24, 2.45) is 0 Å². The number of halogens is 2. The van der Waals surface area contributed by atoms with E-state index in [9.17, 15) is 22.4 Å². The summed E-state index contributed by atoms with van der Waals surface area (Å²) in [6.07, 6.45) is 3.76. The smallest absolute Gasteiger partial charge is 0.265 e. The summed E-state index contributed by atoms with van der Waals surface area (Å²) in [5, 5.41) is 3.33. The van der Waals surface area contributed by atoms with E-state index in [0.717, 1.165) is 35.6 Å². The molecule has 1 aliphatic rings. The van der Waals surface area contributed by atoms with Crippen LogP contribution in [0.4, 0.5) is 10.1 Å². The molecule has 0 spiro atoms. The maximum Gasteiger partial charge on any atom is 0.265 e. The third kappa shape index (κ3) is 9.11. The molecule has 0 unspecified atom stereocenters. The van der Waals surface area contributed by atoms with E-state index in [0.29, 0.717) is 11.3 Å². The molecule has 2 amide bonds. The monoisotopic (exact) mass is 737 g/mol. The molecule has 0 saturated heterocycles. The summed E-state index contributed by atoms with van der Waals surface area (Å²) in [6.45, 7) is -0.845. The molecule has 1 fully saturated rings. The maximum absolute atomic E-state index is 14.8. The number of sulfonamides is 1. The van der Waals surface area contributed by atoms with E-state index in [1.54, 1.807) is 0 Å². The van der Waals surface area contributed by atoms with Crippen LogP contribution in [0.5, 0.6) is 17.2 Å². The zero-order chi connectivity index (χ0) is 36.5. The highest BCUT2D eigenvalue weighted by molar-refractivity contribution is 7.92. The summed E-state index contributed by atoms with van der Waals surface area (Å²) in [5.41, 5.74) is 1.35. The molecule has 0 radical (unpaired) electrons. The van der Waals surface area contributed by atoms with E-state index >= 15 is 0 Å². The normalized spacial score (nSPS) is 13.7. The molecular formula is C38H41ClFN3O7S. The second-order valence-corrected chi connectivity index (χ2v) is 14.5. The first-order chi connectivity index (χ1) is 24.5. The lowest BCUT2D eigenvalue weighted by Crippen LogP contribution is -2.54. The van der Waals surface area contributed by atoms with Crippen molar-refractivity contribution in [3.05, 3.63) is 113 Å². The van der Waals surface area contributed by atoms with E-state index < -0.39 is 34.3 Å². The summed E-state index contributed by atoms with van der Waals surface area (Å²) in [6, 6.07) is 22.3. The van der Waals surface area contributed by atoms with E-state index in [2.05, 4.69) is 5.32 Å². The Hall–Kier alpha value is -4.81. The van der Waals surface area contributed by atoms with Crippen molar-refractivity contribution in [2.75, 3.05) is 32.2 Å². The van der Waals surface area contributed by atoms with Gasteiger partial charge in [-0.05, 0) is 66.4 Å². The molecule has 4 aromatic rings. The van der Waals surface area contributed by atoms with Gasteiger partial charge in [0.1, 0.15) is 24.2 Å². The van der Waals surface area contributed by atoms with Gasteiger partial charge in [-0.15, -0.1) is 0 Å². The minimum Gasteiger partial charge on any atom is -0.495 e. The van der Waals surface area contributed by atoms with Gasteiger partial charge in [-0.2, -0.15) is 0 Å². The molecule has 1 N–H and O–H groups in total. The van der Waals surface area contributed by atoms with Crippen LogP contribution < -0.4 is 23.8 Å². The minimum absolute atomic E-state index is 0.00452. The van der Waals surface area contributed by atoms with Crippen molar-refractivity contribution in [3.63, 3.8) is 0 Å². The molecule has 1 saturated carbocycles. The fraction of sp³-hybridized carbons (Fsp3) is 0.316. The number of amides is 2. The standard InChI is InChI=1S/C38H41ClFN3O7S/c1-48-34-19-15-28(39)22-32(34)43(51(46,47)31-18-20-35(49-2)36(23-31)50-3)25-37(44)42(24-27-13-16-29(40)17-14-27)33(21-26-9-5-4-6-10-26)38(45)41-30-11-7-8-12-30/h4-6,9-10,13-20,22-23,30,33H,7-8,11-12,21,24-25H2,1-3H3,(H,41,45)/t33-/m0/s1. The second-order valence-electron chi connectivity index (χ2n) is 12.2. The Labute approximate surface area is 303 Å². The molecule has 5 rings (SSSR count). The number of hydrogen-bond donors (Lipinski definition) is 1. The average Bonchev–Trinajstić information content (AvgIpc) is 3.65. The van der Waals surface area contributed by atoms with Gasteiger partial charge in [-0.25, -0.2) is 12.8 Å². The van der Waals surface area contributed by atoms with Gasteiger partial charge in [-0.1, -0.05) is 66.9 Å². The summed E-state index contributed by atoms with van der Waals surface area (Å²) < 4.78 is 60.3. The zero-order valence-corrected chi connectivity index (χ0v) is 30.3. The Balaban J connectivity index is 1.62. The first-order valence-electron chi connectivity index (χ1n) is 16.5. The van der Waals surface area contributed by atoms with Gasteiger partial charge in [0.2, 0.25) is 11.8 Å². The number of anilines is 1. The van der Waals surface area contributed by atoms with Gasteiger partial charge in [-0.3, -0.25) is 13.9 Å². The molecule has 0 heterocycles. The van der Waals surface area contributed by atoms with Gasteiger partial charge in [0.25, 0.3) is 10.0 Å². The van der Waals surface area contributed by atoms with Crippen molar-refractivity contribution in [3.8, 4) is 17.2 Å². The van der Waals surface area contributed by atoms with E-state index in [1.807, 2.05) is 30.3 Å². The number of rotatable bonds is 15. The number of benzene rings is 4. The number of carbonyl (C=O) groups is 2. The fourth-order valence-corrected chi connectivity index (χ4v) is 7.78. The van der Waals surface area contributed by atoms with Crippen LogP contribution in [0, 0.1) is 5.82 Å². The van der Waals surface area contributed by atoms with Crippen molar-refractivity contribution in [1.82, 2.24) is 10.2 Å². The van der Waals surface area contributed by atoms with E-state index in [4.69, 9.17) is 25.8 Å². The summed E-state index contributed by atoms with van der Waals surface area (Å²) in [4.78, 5) is 30.2. The molecular weight excluding hydrogens is 697 g/mol. The van der Waals surface area contributed by atoms with Crippen LogP contribution in [0.25, 0.3) is 0 Å². The van der Waals surface area contributed by atoms with Crippen LogP contribution >= 0.6 is 11.6 Å². The van der Waals surface area contributed by atoms with Crippen LogP contribution in [-0.4, -0.2) is 65.1 Å². The lowest BCUT2D eigenvalue weighted by molar-refractivity contribution is -0.140. The van der Waals surface area contributed by atoms with Crippen molar-refractivity contribution >= 4 is 39.1 Å². The zero-order valence-electron chi connectivity index (χ0n) is 28.7. The predicted octanol–water partition coefficient (Wildman–Crippen LogP) is 6.40. The van der Waals surface area contributed by atoms with E-state index in [1.165, 1.54) is 86.9 Å². The number of hydrogen-bond acceptors (Lipinski definition) is 7. The lowest BCUT2D eigenvalue weighted by atomic mass is 10.0. The van der Waals surface area contributed by atoms with Crippen molar-refractivity contribution in [2.45, 2.75) is 55.6 Å². The highest BCUT2D eigenvalue weighted by atomic mass is 35.5. The second kappa shape index (κ2) is 16.9. The fourth-order valence-electron chi connectivity index (χ4n) is 6.18.